The van der Waals surface area contributed by atoms with Crippen LogP contribution in [0.4, 0.5) is 0 Å². The second kappa shape index (κ2) is 24.3. The van der Waals surface area contributed by atoms with Gasteiger partial charge in [0, 0.05) is 38.8 Å². The fourth-order valence-electron chi connectivity index (χ4n) is 4.49. The molecule has 0 aliphatic heterocycles. The van der Waals surface area contributed by atoms with Crippen molar-refractivity contribution in [1.29, 1.82) is 0 Å². The Balaban J connectivity index is 3.91. The molecule has 0 unspecified atom stereocenters. The molecule has 0 bridgehead atoms. The summed E-state index contributed by atoms with van der Waals surface area (Å²) in [5.74, 6) is -3.09. The molecule has 6 N–H and O–H groups in total. The first-order valence-corrected chi connectivity index (χ1v) is 15.9. The number of rotatable bonds is 26. The molecular formula is C31H56N4O8. The molecule has 4 amide bonds. The highest BCUT2D eigenvalue weighted by Crippen LogP contribution is 2.10. The molecule has 43 heavy (non-hydrogen) atoms. The molecule has 248 valence electrons. The van der Waals surface area contributed by atoms with Crippen LogP contribution in [0.2, 0.25) is 0 Å². The summed E-state index contributed by atoms with van der Waals surface area (Å²) in [6.45, 7) is 8.54. The van der Waals surface area contributed by atoms with Crippen LogP contribution in [0.3, 0.4) is 0 Å². The van der Waals surface area contributed by atoms with Crippen LogP contribution in [0.25, 0.3) is 0 Å². The van der Waals surface area contributed by atoms with Gasteiger partial charge in [0.05, 0.1) is 0 Å². The largest absolute Gasteiger partial charge is 0.481 e. The lowest BCUT2D eigenvalue weighted by molar-refractivity contribution is -0.138. The highest BCUT2D eigenvalue weighted by Gasteiger charge is 2.24. The Morgan fingerprint density at radius 1 is 0.465 bits per heavy atom. The number of carbonyl (C=O) groups excluding carboxylic acids is 4. The number of carbonyl (C=O) groups is 6. The maximum atomic E-state index is 12.5. The Morgan fingerprint density at radius 2 is 0.767 bits per heavy atom. The van der Waals surface area contributed by atoms with Gasteiger partial charge in [-0.05, 0) is 37.5 Å². The zero-order valence-corrected chi connectivity index (χ0v) is 26.7. The average Bonchev–Trinajstić information content (AvgIpc) is 2.91. The molecule has 0 aromatic carbocycles. The smallest absolute Gasteiger partial charge is 0.303 e. The minimum atomic E-state index is -0.945. The fourth-order valence-corrected chi connectivity index (χ4v) is 4.49. The van der Waals surface area contributed by atoms with Crippen LogP contribution in [0.15, 0.2) is 0 Å². The molecular weight excluding hydrogens is 556 g/mol. The van der Waals surface area contributed by atoms with Crippen LogP contribution in [0.5, 0.6) is 0 Å². The average molecular weight is 613 g/mol. The second-order valence-electron chi connectivity index (χ2n) is 11.8. The Labute approximate surface area is 256 Å². The van der Waals surface area contributed by atoms with Gasteiger partial charge in [-0.1, -0.05) is 72.6 Å². The summed E-state index contributed by atoms with van der Waals surface area (Å²) in [6, 6.07) is -1.27. The number of carboxylic acid groups (broad SMARTS) is 2. The molecule has 0 saturated carbocycles. The summed E-state index contributed by atoms with van der Waals surface area (Å²) in [5.41, 5.74) is 0. The third-order valence-electron chi connectivity index (χ3n) is 7.07. The van der Waals surface area contributed by atoms with E-state index in [1.807, 2.05) is 27.7 Å². The monoisotopic (exact) mass is 612 g/mol. The molecule has 0 spiro atoms. The van der Waals surface area contributed by atoms with Crippen LogP contribution in [0.1, 0.15) is 124 Å². The predicted molar refractivity (Wildman–Crippen MR) is 164 cm³/mol. The minimum absolute atomic E-state index is 0.0742. The van der Waals surface area contributed by atoms with Crippen LogP contribution in [-0.4, -0.2) is 71.0 Å². The van der Waals surface area contributed by atoms with Crippen molar-refractivity contribution in [2.24, 2.45) is 11.8 Å². The van der Waals surface area contributed by atoms with E-state index in [0.29, 0.717) is 13.1 Å². The highest BCUT2D eigenvalue weighted by atomic mass is 16.4. The summed E-state index contributed by atoms with van der Waals surface area (Å²) in [4.78, 5) is 70.3. The number of unbranched alkanes of at least 4 members (excludes halogenated alkanes) is 8. The Morgan fingerprint density at radius 3 is 1.05 bits per heavy atom. The lowest BCUT2D eigenvalue weighted by atomic mass is 10.0. The summed E-state index contributed by atoms with van der Waals surface area (Å²) in [7, 11) is 0. The van der Waals surface area contributed by atoms with Gasteiger partial charge >= 0.3 is 11.9 Å². The topological polar surface area (TPSA) is 191 Å². The summed E-state index contributed by atoms with van der Waals surface area (Å²) in [5, 5.41) is 28.6. The zero-order valence-electron chi connectivity index (χ0n) is 26.7. The molecule has 12 nitrogen and oxygen atoms in total. The van der Waals surface area contributed by atoms with E-state index in [9.17, 15) is 28.8 Å². The van der Waals surface area contributed by atoms with E-state index in [2.05, 4.69) is 21.3 Å². The number of amides is 4. The van der Waals surface area contributed by atoms with Gasteiger partial charge in [-0.2, -0.15) is 0 Å². The molecule has 2 atom stereocenters. The number of hydrogen-bond donors (Lipinski definition) is 6. The first-order valence-electron chi connectivity index (χ1n) is 15.9. The van der Waals surface area contributed by atoms with Crippen molar-refractivity contribution in [3.05, 3.63) is 0 Å². The van der Waals surface area contributed by atoms with Crippen LogP contribution in [-0.2, 0) is 28.8 Å². The van der Waals surface area contributed by atoms with Crippen LogP contribution >= 0.6 is 0 Å². The summed E-state index contributed by atoms with van der Waals surface area (Å²) < 4.78 is 0. The van der Waals surface area contributed by atoms with Gasteiger partial charge in [0.1, 0.15) is 12.1 Å². The van der Waals surface area contributed by atoms with E-state index in [0.717, 1.165) is 57.8 Å². The highest BCUT2D eigenvalue weighted by molar-refractivity contribution is 5.88. The fraction of sp³-hybridized carbons (Fsp3) is 0.806. The molecule has 0 heterocycles. The molecule has 0 aliphatic rings. The molecule has 0 fully saturated rings. The third-order valence-corrected chi connectivity index (χ3v) is 7.07. The van der Waals surface area contributed by atoms with Gasteiger partial charge < -0.3 is 31.5 Å². The maximum absolute atomic E-state index is 12.5. The van der Waals surface area contributed by atoms with Crippen molar-refractivity contribution >= 4 is 35.6 Å². The summed E-state index contributed by atoms with van der Waals surface area (Å²) in [6.07, 6.45) is 9.78. The first-order chi connectivity index (χ1) is 20.3. The zero-order chi connectivity index (χ0) is 32.6. The van der Waals surface area contributed by atoms with E-state index in [-0.39, 0.29) is 74.0 Å². The normalized spacial score (nSPS) is 12.4. The first kappa shape index (κ1) is 39.8. The Kier molecular flexibility index (Phi) is 22.5. The Hall–Kier alpha value is -3.18. The van der Waals surface area contributed by atoms with Crippen LogP contribution < -0.4 is 21.3 Å². The van der Waals surface area contributed by atoms with E-state index in [4.69, 9.17) is 10.2 Å². The van der Waals surface area contributed by atoms with Crippen molar-refractivity contribution in [3.8, 4) is 0 Å². The summed E-state index contributed by atoms with van der Waals surface area (Å²) >= 11 is 0. The van der Waals surface area contributed by atoms with E-state index in [1.165, 1.54) is 0 Å². The van der Waals surface area contributed by atoms with Gasteiger partial charge in [-0.15, -0.1) is 0 Å². The third kappa shape index (κ3) is 22.1. The molecule has 0 saturated heterocycles. The van der Waals surface area contributed by atoms with Gasteiger partial charge in [0.15, 0.2) is 0 Å². The molecule has 0 aromatic rings. The lowest BCUT2D eigenvalue weighted by Gasteiger charge is -2.21. The SMILES string of the molecule is CC(C)[C@H](NC(=O)CCCC(=O)O)C(=O)NCCCCCCCCCCCNC(=O)[C@@H](NC(=O)CCCC(=O)O)C(C)C. The maximum Gasteiger partial charge on any atom is 0.303 e. The number of aliphatic carboxylic acids is 2. The van der Waals surface area contributed by atoms with Crippen molar-refractivity contribution in [3.63, 3.8) is 0 Å². The number of nitrogens with one attached hydrogen (secondary N) is 4. The second-order valence-corrected chi connectivity index (χ2v) is 11.8. The predicted octanol–water partition coefficient (Wildman–Crippen LogP) is 3.52. The van der Waals surface area contributed by atoms with Gasteiger partial charge in [0.2, 0.25) is 23.6 Å². The molecule has 0 aliphatic carbocycles. The minimum Gasteiger partial charge on any atom is -0.481 e. The number of hydrogen-bond acceptors (Lipinski definition) is 6. The Bertz CT molecular complexity index is 795. The van der Waals surface area contributed by atoms with E-state index >= 15 is 0 Å². The molecule has 12 heteroatoms. The molecule has 0 rings (SSSR count). The van der Waals surface area contributed by atoms with E-state index < -0.39 is 24.0 Å². The van der Waals surface area contributed by atoms with Gasteiger partial charge in [-0.3, -0.25) is 28.8 Å². The van der Waals surface area contributed by atoms with Gasteiger partial charge in [0.25, 0.3) is 0 Å². The standard InChI is InChI=1S/C31H56N4O8/c1-22(2)28(34-24(36)16-14-18-26(38)39)30(42)32-20-12-10-8-6-5-7-9-11-13-21-33-31(43)29(23(3)4)35-25(37)17-15-19-27(40)41/h22-23,28-29H,5-21H2,1-4H3,(H,32,42)(H,33,43)(H,34,36)(H,35,37)(H,38,39)(H,40,41)/t28-,29-/m0/s1. The van der Waals surface area contributed by atoms with Crippen molar-refractivity contribution < 1.29 is 39.0 Å². The van der Waals surface area contributed by atoms with Gasteiger partial charge in [-0.25, -0.2) is 0 Å². The quantitative estimate of drug-likeness (QED) is 0.0799. The van der Waals surface area contributed by atoms with Crippen molar-refractivity contribution in [1.82, 2.24) is 21.3 Å². The van der Waals surface area contributed by atoms with E-state index in [1.54, 1.807) is 0 Å². The van der Waals surface area contributed by atoms with Crippen LogP contribution in [0, 0.1) is 11.8 Å². The lowest BCUT2D eigenvalue weighted by Crippen LogP contribution is -2.49. The molecule has 0 radical (unpaired) electrons. The molecule has 0 aromatic heterocycles. The van der Waals surface area contributed by atoms with Crippen molar-refractivity contribution in [2.45, 2.75) is 136 Å². The number of carboxylic acids is 2. The van der Waals surface area contributed by atoms with Crippen molar-refractivity contribution in [2.75, 3.05) is 13.1 Å².